The molecular weight excluding hydrogens is 456 g/mol. The highest BCUT2D eigenvalue weighted by atomic mass is 19.1. The van der Waals surface area contributed by atoms with Crippen molar-refractivity contribution in [3.8, 4) is 17.2 Å². The Balaban J connectivity index is 1.72. The van der Waals surface area contributed by atoms with Gasteiger partial charge in [-0.25, -0.2) is 13.8 Å². The topological polar surface area (TPSA) is 58.7 Å². The van der Waals surface area contributed by atoms with Gasteiger partial charge in [0.2, 0.25) is 0 Å². The van der Waals surface area contributed by atoms with Gasteiger partial charge >= 0.3 is 0 Å². The molecule has 0 spiro atoms. The molecular formula is C30H27F2N3O. The van der Waals surface area contributed by atoms with Gasteiger partial charge in [-0.2, -0.15) is 5.26 Å². The van der Waals surface area contributed by atoms with Gasteiger partial charge < -0.3 is 0 Å². The Labute approximate surface area is 209 Å². The molecule has 3 aromatic carbocycles. The molecule has 182 valence electrons. The molecule has 0 saturated carbocycles. The Morgan fingerprint density at radius 3 is 2.31 bits per heavy atom. The Morgan fingerprint density at radius 2 is 1.64 bits per heavy atom. The van der Waals surface area contributed by atoms with E-state index >= 15 is 0 Å². The summed E-state index contributed by atoms with van der Waals surface area (Å²) in [6, 6.07) is 21.1. The number of benzene rings is 3. The molecule has 0 aliphatic carbocycles. The molecule has 4 rings (SSSR count). The fraction of sp³-hybridized carbons (Fsp3) is 0.233. The smallest absolute Gasteiger partial charge is 0.257 e. The number of aromatic nitrogens is 2. The number of nitriles is 1. The summed E-state index contributed by atoms with van der Waals surface area (Å²) in [6.07, 6.45) is 2.85. The van der Waals surface area contributed by atoms with Crippen LogP contribution >= 0.6 is 0 Å². The van der Waals surface area contributed by atoms with E-state index in [1.165, 1.54) is 22.8 Å². The molecule has 6 heteroatoms. The Bertz CT molecular complexity index is 1460. The van der Waals surface area contributed by atoms with Gasteiger partial charge in [0, 0.05) is 17.5 Å². The van der Waals surface area contributed by atoms with Gasteiger partial charge in [0.05, 0.1) is 23.9 Å². The third-order valence-electron chi connectivity index (χ3n) is 6.38. The molecule has 36 heavy (non-hydrogen) atoms. The number of unbranched alkanes of at least 4 members (excludes halogenated alkanes) is 1. The van der Waals surface area contributed by atoms with E-state index in [-0.39, 0.29) is 17.7 Å². The van der Waals surface area contributed by atoms with Crippen molar-refractivity contribution in [1.29, 1.82) is 5.26 Å². The second-order valence-corrected chi connectivity index (χ2v) is 8.81. The molecule has 0 aliphatic rings. The Morgan fingerprint density at radius 1 is 0.944 bits per heavy atom. The van der Waals surface area contributed by atoms with E-state index in [2.05, 4.69) is 13.0 Å². The van der Waals surface area contributed by atoms with Crippen molar-refractivity contribution >= 4 is 0 Å². The van der Waals surface area contributed by atoms with Crippen molar-refractivity contribution in [3.05, 3.63) is 122 Å². The van der Waals surface area contributed by atoms with Crippen LogP contribution in [0.3, 0.4) is 0 Å². The van der Waals surface area contributed by atoms with Crippen LogP contribution in [0.2, 0.25) is 0 Å². The number of aryl methyl sites for hydroxylation is 2. The van der Waals surface area contributed by atoms with E-state index in [9.17, 15) is 18.8 Å². The zero-order valence-electron chi connectivity index (χ0n) is 20.4. The average molecular weight is 484 g/mol. The maximum Gasteiger partial charge on any atom is 0.257 e. The lowest BCUT2D eigenvalue weighted by atomic mass is 9.96. The molecule has 0 unspecified atom stereocenters. The fourth-order valence-corrected chi connectivity index (χ4v) is 4.35. The third kappa shape index (κ3) is 5.26. The van der Waals surface area contributed by atoms with Crippen LogP contribution in [0.5, 0.6) is 0 Å². The van der Waals surface area contributed by atoms with Gasteiger partial charge in [0.1, 0.15) is 17.5 Å². The van der Waals surface area contributed by atoms with Gasteiger partial charge in [0.15, 0.2) is 0 Å². The van der Waals surface area contributed by atoms with Gasteiger partial charge in [0.25, 0.3) is 5.56 Å². The fourth-order valence-electron chi connectivity index (χ4n) is 4.35. The normalized spacial score (nSPS) is 10.9. The Kier molecular flexibility index (Phi) is 7.70. The highest BCUT2D eigenvalue weighted by molar-refractivity contribution is 5.70. The van der Waals surface area contributed by atoms with Crippen LogP contribution in [0, 0.1) is 29.9 Å². The molecule has 4 nitrogen and oxygen atoms in total. The summed E-state index contributed by atoms with van der Waals surface area (Å²) >= 11 is 0. The molecule has 0 amide bonds. The standard InChI is InChI=1S/C30H27F2N3O/c1-3-4-12-29-25(17-21-13-15-22(16-14-21)24-9-6-5-8-23(24)18-33)30(36)35(20(2)34-29)19-26-27(31)10-7-11-28(26)32/h5-11,13-16H,3-4,12,17,19H2,1-2H3. The lowest BCUT2D eigenvalue weighted by Gasteiger charge is -2.16. The van der Waals surface area contributed by atoms with Crippen LogP contribution in [0.15, 0.2) is 71.5 Å². The van der Waals surface area contributed by atoms with Crippen molar-refractivity contribution in [2.45, 2.75) is 46.1 Å². The Hall–Kier alpha value is -4.11. The number of hydrogen-bond donors (Lipinski definition) is 0. The molecule has 0 N–H and O–H groups in total. The predicted molar refractivity (Wildman–Crippen MR) is 137 cm³/mol. The molecule has 0 bridgehead atoms. The van der Waals surface area contributed by atoms with Crippen LogP contribution in [0.25, 0.3) is 11.1 Å². The van der Waals surface area contributed by atoms with Gasteiger partial charge in [-0.05, 0) is 54.7 Å². The van der Waals surface area contributed by atoms with Crippen LogP contribution < -0.4 is 5.56 Å². The van der Waals surface area contributed by atoms with Gasteiger partial charge in [-0.1, -0.05) is 61.9 Å². The molecule has 0 aliphatic heterocycles. The van der Waals surface area contributed by atoms with Crippen molar-refractivity contribution < 1.29 is 8.78 Å². The third-order valence-corrected chi connectivity index (χ3v) is 6.38. The van der Waals surface area contributed by atoms with E-state index in [0.29, 0.717) is 29.8 Å². The number of halogens is 2. The average Bonchev–Trinajstić information content (AvgIpc) is 2.89. The van der Waals surface area contributed by atoms with Gasteiger partial charge in [-0.3, -0.25) is 9.36 Å². The highest BCUT2D eigenvalue weighted by Crippen LogP contribution is 2.24. The van der Waals surface area contributed by atoms with Crippen LogP contribution in [-0.2, 0) is 19.4 Å². The molecule has 0 fully saturated rings. The van der Waals surface area contributed by atoms with E-state index in [4.69, 9.17) is 4.98 Å². The van der Waals surface area contributed by atoms with E-state index in [0.717, 1.165) is 35.2 Å². The number of rotatable bonds is 8. The quantitative estimate of drug-likeness (QED) is 0.293. The van der Waals surface area contributed by atoms with Crippen molar-refractivity contribution in [1.82, 2.24) is 9.55 Å². The highest BCUT2D eigenvalue weighted by Gasteiger charge is 2.18. The zero-order valence-corrected chi connectivity index (χ0v) is 20.4. The molecule has 0 saturated heterocycles. The first kappa shape index (κ1) is 25.0. The minimum Gasteiger partial charge on any atom is -0.292 e. The summed E-state index contributed by atoms with van der Waals surface area (Å²) in [5.41, 5.74) is 4.10. The minimum atomic E-state index is -0.689. The van der Waals surface area contributed by atoms with Crippen LogP contribution in [0.4, 0.5) is 8.78 Å². The maximum absolute atomic E-state index is 14.3. The number of nitrogens with zero attached hydrogens (tertiary/aromatic N) is 3. The predicted octanol–water partition coefficient (Wildman–Crippen LogP) is 6.35. The first-order valence-electron chi connectivity index (χ1n) is 12.0. The zero-order chi connectivity index (χ0) is 25.7. The minimum absolute atomic E-state index is 0.155. The van der Waals surface area contributed by atoms with Crippen molar-refractivity contribution in [2.75, 3.05) is 0 Å². The summed E-state index contributed by atoms with van der Waals surface area (Å²) in [5.74, 6) is -0.946. The first-order valence-corrected chi connectivity index (χ1v) is 12.0. The second kappa shape index (κ2) is 11.1. The van der Waals surface area contributed by atoms with E-state index in [1.807, 2.05) is 42.5 Å². The van der Waals surface area contributed by atoms with Crippen LogP contribution in [0.1, 0.15) is 53.5 Å². The van der Waals surface area contributed by atoms with Crippen LogP contribution in [-0.4, -0.2) is 9.55 Å². The largest absolute Gasteiger partial charge is 0.292 e. The van der Waals surface area contributed by atoms with Gasteiger partial charge in [-0.15, -0.1) is 0 Å². The van der Waals surface area contributed by atoms with E-state index in [1.54, 1.807) is 13.0 Å². The SMILES string of the molecule is CCCCc1nc(C)n(Cc2c(F)cccc2F)c(=O)c1Cc1ccc(-c2ccccc2C#N)cc1. The lowest BCUT2D eigenvalue weighted by molar-refractivity contribution is 0.534. The summed E-state index contributed by atoms with van der Waals surface area (Å²) in [5, 5.41) is 9.41. The first-order chi connectivity index (χ1) is 17.4. The summed E-state index contributed by atoms with van der Waals surface area (Å²) < 4.78 is 30.0. The molecule has 0 radical (unpaired) electrons. The molecule has 1 aromatic heterocycles. The molecule has 0 atom stereocenters. The summed E-state index contributed by atoms with van der Waals surface area (Å²) in [7, 11) is 0. The second-order valence-electron chi connectivity index (χ2n) is 8.81. The monoisotopic (exact) mass is 483 g/mol. The summed E-state index contributed by atoms with van der Waals surface area (Å²) in [4.78, 5) is 18.3. The molecule has 4 aromatic rings. The van der Waals surface area contributed by atoms with E-state index < -0.39 is 11.6 Å². The summed E-state index contributed by atoms with van der Waals surface area (Å²) in [6.45, 7) is 3.55. The maximum atomic E-state index is 14.3. The molecule has 1 heterocycles. The van der Waals surface area contributed by atoms with Crippen molar-refractivity contribution in [3.63, 3.8) is 0 Å². The number of hydrogen-bond acceptors (Lipinski definition) is 3. The lowest BCUT2D eigenvalue weighted by Crippen LogP contribution is -2.30. The van der Waals surface area contributed by atoms with Crippen molar-refractivity contribution in [2.24, 2.45) is 0 Å².